The molecule has 1 aliphatic carbocycles. The Morgan fingerprint density at radius 2 is 1.84 bits per heavy atom. The minimum absolute atomic E-state index is 0.0208. The molecule has 0 bridgehead atoms. The van der Waals surface area contributed by atoms with Gasteiger partial charge in [0.15, 0.2) is 0 Å². The van der Waals surface area contributed by atoms with Gasteiger partial charge in [-0.1, -0.05) is 0 Å². The second kappa shape index (κ2) is 12.4. The van der Waals surface area contributed by atoms with Crippen LogP contribution in [0.1, 0.15) is 95.8 Å². The monoisotopic (exact) mass is 421 g/mol. The number of benzene rings is 1. The van der Waals surface area contributed by atoms with Crippen molar-refractivity contribution in [3.8, 4) is 0 Å². The van der Waals surface area contributed by atoms with Crippen LogP contribution in [0.2, 0.25) is 0 Å². The van der Waals surface area contributed by atoms with Gasteiger partial charge in [0, 0.05) is 0 Å². The Hall–Kier alpha value is -1.68. The zero-order valence-electron chi connectivity index (χ0n) is 20.5. The van der Waals surface area contributed by atoms with E-state index in [2.05, 4.69) is 49.6 Å². The predicted octanol–water partition coefficient (Wildman–Crippen LogP) is 5.00. The molecule has 0 fully saturated rings. The Morgan fingerprint density at radius 1 is 1.13 bits per heavy atom. The van der Waals surface area contributed by atoms with Gasteiger partial charge in [-0.15, -0.1) is 0 Å². The van der Waals surface area contributed by atoms with Gasteiger partial charge in [-0.05, 0) is 0 Å². The van der Waals surface area contributed by atoms with Crippen LogP contribution in [0.5, 0.6) is 0 Å². The molecule has 1 aromatic rings. The first-order valence-corrected chi connectivity index (χ1v) is 12.2. The van der Waals surface area contributed by atoms with E-state index in [-0.39, 0.29) is 11.3 Å². The number of rotatable bonds is 12. The standard InChI is InChI=1S/C27H42BN2O/c1-6-10-22-13-14-25(24(19-22)21(4)28)27(7-2,15-17-29-5)16-18-30-26(31)23-12-9-8-11-20(23)3/h13-14,19,29H,6-12,15-18H2,1-5H3,(H,30,31). The van der Waals surface area contributed by atoms with Crippen LogP contribution >= 0.6 is 0 Å². The summed E-state index contributed by atoms with van der Waals surface area (Å²) in [5.41, 5.74) is 6.99. The third-order valence-corrected chi connectivity index (χ3v) is 7.06. The van der Waals surface area contributed by atoms with Crippen molar-refractivity contribution in [2.24, 2.45) is 0 Å². The summed E-state index contributed by atoms with van der Waals surface area (Å²) in [4.78, 5) is 12.8. The predicted molar refractivity (Wildman–Crippen MR) is 135 cm³/mol. The SMILES string of the molecule is [B]=C(C)c1cc(CCC)ccc1C(CC)(CCNC)CCNC(=O)C1=C(C)CCCC1. The third-order valence-electron chi connectivity index (χ3n) is 7.06. The first kappa shape index (κ1) is 25.6. The summed E-state index contributed by atoms with van der Waals surface area (Å²) >= 11 is 0. The molecular weight excluding hydrogens is 379 g/mol. The fourth-order valence-electron chi connectivity index (χ4n) is 5.01. The summed E-state index contributed by atoms with van der Waals surface area (Å²) in [7, 11) is 8.38. The average Bonchev–Trinajstić information content (AvgIpc) is 2.76. The van der Waals surface area contributed by atoms with E-state index in [1.165, 1.54) is 28.7 Å². The number of aryl methyl sites for hydroxylation is 1. The van der Waals surface area contributed by atoms with E-state index < -0.39 is 0 Å². The van der Waals surface area contributed by atoms with Crippen molar-refractivity contribution in [3.05, 3.63) is 46.0 Å². The Kier molecular flexibility index (Phi) is 10.2. The van der Waals surface area contributed by atoms with Gasteiger partial charge in [0.2, 0.25) is 0 Å². The van der Waals surface area contributed by atoms with Crippen LogP contribution in [0.3, 0.4) is 0 Å². The molecule has 1 aliphatic rings. The first-order valence-electron chi connectivity index (χ1n) is 12.2. The van der Waals surface area contributed by atoms with Crippen molar-refractivity contribution < 1.29 is 4.79 Å². The van der Waals surface area contributed by atoms with Crippen LogP contribution in [0.4, 0.5) is 0 Å². The number of amides is 1. The summed E-state index contributed by atoms with van der Waals surface area (Å²) in [5, 5.41) is 6.57. The van der Waals surface area contributed by atoms with E-state index >= 15 is 0 Å². The summed E-state index contributed by atoms with van der Waals surface area (Å²) in [6.45, 7) is 10.2. The van der Waals surface area contributed by atoms with Gasteiger partial charge < -0.3 is 0 Å². The van der Waals surface area contributed by atoms with Crippen molar-refractivity contribution in [3.63, 3.8) is 0 Å². The normalized spacial score (nSPS) is 16.1. The molecule has 0 aliphatic heterocycles. The maximum absolute atomic E-state index is 12.8. The number of nitrogens with one attached hydrogen (secondary N) is 2. The maximum atomic E-state index is 12.8. The number of hydrogen-bond donors (Lipinski definition) is 2. The number of allylic oxidation sites excluding steroid dienone is 1. The molecule has 1 amide bonds. The molecule has 3 nitrogen and oxygen atoms in total. The zero-order chi connectivity index (χ0) is 22.9. The fourth-order valence-corrected chi connectivity index (χ4v) is 5.01. The molecule has 31 heavy (non-hydrogen) atoms. The van der Waals surface area contributed by atoms with E-state index in [9.17, 15) is 4.79 Å². The summed E-state index contributed by atoms with van der Waals surface area (Å²) in [6, 6.07) is 6.85. The van der Waals surface area contributed by atoms with E-state index in [1.54, 1.807) is 0 Å². The van der Waals surface area contributed by atoms with Gasteiger partial charge in [0.1, 0.15) is 0 Å². The molecular formula is C27H42BN2O. The first-order chi connectivity index (χ1) is 14.9. The Labute approximate surface area is 191 Å². The van der Waals surface area contributed by atoms with Crippen molar-refractivity contribution in [2.75, 3.05) is 20.1 Å². The fraction of sp³-hybridized carbons (Fsp3) is 0.630. The minimum atomic E-state index is -0.0208. The quantitative estimate of drug-likeness (QED) is 0.466. The third kappa shape index (κ3) is 6.65. The molecule has 169 valence electrons. The van der Waals surface area contributed by atoms with Crippen LogP contribution in [0.25, 0.3) is 0 Å². The van der Waals surface area contributed by atoms with E-state index in [4.69, 9.17) is 7.49 Å². The van der Waals surface area contributed by atoms with Gasteiger partial charge in [0.25, 0.3) is 0 Å². The van der Waals surface area contributed by atoms with E-state index in [1.807, 2.05) is 14.0 Å². The molecule has 2 rings (SSSR count). The molecule has 0 saturated carbocycles. The number of carbonyl (C=O) groups excluding carboxylic acids is 1. The number of hydrogen-bond acceptors (Lipinski definition) is 2. The van der Waals surface area contributed by atoms with Crippen molar-refractivity contribution in [1.82, 2.24) is 10.6 Å². The second-order valence-corrected chi connectivity index (χ2v) is 9.27. The van der Waals surface area contributed by atoms with E-state index in [0.717, 1.165) is 68.9 Å². The molecule has 1 unspecified atom stereocenters. The molecule has 1 radical (unpaired) electrons. The molecule has 1 aromatic carbocycles. The molecule has 2 N–H and O–H groups in total. The molecule has 0 saturated heterocycles. The van der Waals surface area contributed by atoms with Gasteiger partial charge in [-0.25, -0.2) is 0 Å². The average molecular weight is 421 g/mol. The molecule has 0 spiro atoms. The van der Waals surface area contributed by atoms with Crippen LogP contribution in [-0.2, 0) is 16.6 Å². The van der Waals surface area contributed by atoms with Gasteiger partial charge in [-0.3, -0.25) is 0 Å². The molecule has 4 heteroatoms. The second-order valence-electron chi connectivity index (χ2n) is 9.27. The summed E-state index contributed by atoms with van der Waals surface area (Å²) < 4.78 is 0. The topological polar surface area (TPSA) is 41.1 Å². The number of carbonyl (C=O) groups is 1. The van der Waals surface area contributed by atoms with Gasteiger partial charge in [0.05, 0.1) is 0 Å². The summed E-state index contributed by atoms with van der Waals surface area (Å²) in [6.07, 6.45) is 9.45. The van der Waals surface area contributed by atoms with Crippen molar-refractivity contribution in [2.45, 2.75) is 90.9 Å². The van der Waals surface area contributed by atoms with Crippen LogP contribution in [-0.4, -0.2) is 39.0 Å². The molecule has 0 heterocycles. The van der Waals surface area contributed by atoms with Crippen molar-refractivity contribution >= 4 is 18.9 Å². The van der Waals surface area contributed by atoms with Crippen molar-refractivity contribution in [1.29, 1.82) is 0 Å². The molecule has 1 atom stereocenters. The van der Waals surface area contributed by atoms with Gasteiger partial charge in [-0.2, -0.15) is 0 Å². The molecule has 0 aromatic heterocycles. The van der Waals surface area contributed by atoms with Crippen LogP contribution in [0.15, 0.2) is 29.3 Å². The Morgan fingerprint density at radius 3 is 2.45 bits per heavy atom. The Balaban J connectivity index is 2.28. The zero-order valence-corrected chi connectivity index (χ0v) is 20.5. The Bertz CT molecular complexity index is 798. The van der Waals surface area contributed by atoms with Crippen LogP contribution < -0.4 is 10.6 Å². The van der Waals surface area contributed by atoms with Gasteiger partial charge >= 0.3 is 191 Å². The van der Waals surface area contributed by atoms with Crippen LogP contribution in [0, 0.1) is 0 Å². The summed E-state index contributed by atoms with van der Waals surface area (Å²) in [5.74, 6) is 0.135. The van der Waals surface area contributed by atoms with E-state index in [0.29, 0.717) is 6.54 Å².